The van der Waals surface area contributed by atoms with Crippen LogP contribution in [0.3, 0.4) is 0 Å². The van der Waals surface area contributed by atoms with E-state index in [4.69, 9.17) is 15.0 Å². The van der Waals surface area contributed by atoms with E-state index in [1.54, 1.807) is 4.57 Å². The van der Waals surface area contributed by atoms with E-state index < -0.39 is 33.1 Å². The number of hydrogen-bond donors (Lipinski definition) is 3. The molecule has 0 spiro atoms. The van der Waals surface area contributed by atoms with Gasteiger partial charge in [-0.2, -0.15) is 9.97 Å². The highest BCUT2D eigenvalue weighted by atomic mass is 31.1. The molecule has 1 saturated carbocycles. The lowest BCUT2D eigenvalue weighted by atomic mass is 10.2. The average molecular weight is 414 g/mol. The first kappa shape index (κ1) is 20.9. The molecule has 156 valence electrons. The number of aromatic nitrogens is 4. The normalized spacial score (nSPS) is 18.8. The molecule has 2 unspecified atom stereocenters. The number of hydrogen-bond acceptors (Lipinski definition) is 10. The standard InChI is InChI=1S/C16H27N6O5P/c1-9(24)11(7-26-28(3)25)27-12(6-23)22-8-18-13-14(21(2)10-4-5-10)19-16(17)20-15(13)22/h8-12,23-24,28H,4-7H2,1-3H3,(H2,17,19,20)/t9?,11-,12-/m1/s1. The molecule has 28 heavy (non-hydrogen) atoms. The Hall–Kier alpha value is -1.78. The molecule has 3 rings (SSSR count). The maximum absolute atomic E-state index is 11.3. The summed E-state index contributed by atoms with van der Waals surface area (Å²) in [5, 5.41) is 19.8. The minimum absolute atomic E-state index is 0.0676. The van der Waals surface area contributed by atoms with Crippen molar-refractivity contribution in [2.75, 3.05) is 37.6 Å². The maximum Gasteiger partial charge on any atom is 0.224 e. The Kier molecular flexibility index (Phi) is 6.51. The Balaban J connectivity index is 1.90. The van der Waals surface area contributed by atoms with E-state index in [1.807, 2.05) is 11.9 Å². The number of rotatable bonds is 10. The highest BCUT2D eigenvalue weighted by Gasteiger charge is 2.30. The van der Waals surface area contributed by atoms with Gasteiger partial charge >= 0.3 is 0 Å². The zero-order valence-electron chi connectivity index (χ0n) is 16.1. The number of fused-ring (bicyclic) bond motifs is 1. The molecule has 1 aliphatic carbocycles. The summed E-state index contributed by atoms with van der Waals surface area (Å²) in [5.74, 6) is 0.717. The van der Waals surface area contributed by atoms with Gasteiger partial charge in [0.05, 0.1) is 25.6 Å². The third-order valence-corrected chi connectivity index (χ3v) is 5.21. The molecular weight excluding hydrogens is 387 g/mol. The summed E-state index contributed by atoms with van der Waals surface area (Å²) >= 11 is 0. The SMILES string of the molecule is CC(O)[C@@H](CO[PH](C)=O)O[C@H](CO)n1cnc2c(N(C)C3CC3)nc(N)nc21. The van der Waals surface area contributed by atoms with Gasteiger partial charge in [-0.25, -0.2) is 4.98 Å². The monoisotopic (exact) mass is 414 g/mol. The summed E-state index contributed by atoms with van der Waals surface area (Å²) in [6, 6.07) is 0.404. The number of anilines is 2. The Morgan fingerprint density at radius 1 is 1.46 bits per heavy atom. The van der Waals surface area contributed by atoms with Gasteiger partial charge in [0.15, 0.2) is 31.2 Å². The van der Waals surface area contributed by atoms with E-state index in [0.717, 1.165) is 12.8 Å². The highest BCUT2D eigenvalue weighted by molar-refractivity contribution is 7.38. The van der Waals surface area contributed by atoms with E-state index in [0.29, 0.717) is 23.0 Å². The molecule has 1 aliphatic rings. The van der Waals surface area contributed by atoms with Gasteiger partial charge in [0.25, 0.3) is 0 Å². The van der Waals surface area contributed by atoms with Crippen molar-refractivity contribution in [1.82, 2.24) is 19.5 Å². The second kappa shape index (κ2) is 8.71. The first-order valence-electron chi connectivity index (χ1n) is 9.12. The summed E-state index contributed by atoms with van der Waals surface area (Å²) in [4.78, 5) is 15.0. The molecule has 2 aromatic heterocycles. The summed E-state index contributed by atoms with van der Waals surface area (Å²) in [5.41, 5.74) is 6.87. The molecule has 4 N–H and O–H groups in total. The fourth-order valence-corrected chi connectivity index (χ4v) is 3.30. The second-order valence-electron chi connectivity index (χ2n) is 6.93. The van der Waals surface area contributed by atoms with Crippen LogP contribution in [0.4, 0.5) is 11.8 Å². The summed E-state index contributed by atoms with van der Waals surface area (Å²) in [6.07, 6.45) is 1.08. The molecule has 0 amide bonds. The van der Waals surface area contributed by atoms with Crippen LogP contribution in [0.2, 0.25) is 0 Å². The van der Waals surface area contributed by atoms with E-state index >= 15 is 0 Å². The summed E-state index contributed by atoms with van der Waals surface area (Å²) in [7, 11) is -0.244. The Morgan fingerprint density at radius 3 is 2.75 bits per heavy atom. The van der Waals surface area contributed by atoms with Crippen LogP contribution in [0.5, 0.6) is 0 Å². The highest BCUT2D eigenvalue weighted by Crippen LogP contribution is 2.33. The minimum Gasteiger partial charge on any atom is -0.392 e. The third-order valence-electron chi connectivity index (χ3n) is 4.64. The zero-order chi connectivity index (χ0) is 20.4. The molecule has 4 atom stereocenters. The van der Waals surface area contributed by atoms with Crippen LogP contribution in [0.25, 0.3) is 11.2 Å². The number of nitrogens with zero attached hydrogens (tertiary/aromatic N) is 5. The molecule has 11 nitrogen and oxygen atoms in total. The van der Waals surface area contributed by atoms with E-state index in [2.05, 4.69) is 15.0 Å². The lowest BCUT2D eigenvalue weighted by Crippen LogP contribution is -2.34. The van der Waals surface area contributed by atoms with Crippen molar-refractivity contribution < 1.29 is 24.0 Å². The van der Waals surface area contributed by atoms with Crippen molar-refractivity contribution in [2.45, 2.75) is 44.2 Å². The molecule has 0 aromatic carbocycles. The summed E-state index contributed by atoms with van der Waals surface area (Å²) in [6.45, 7) is 2.52. The Morgan fingerprint density at radius 2 is 2.18 bits per heavy atom. The molecule has 2 aromatic rings. The second-order valence-corrected chi connectivity index (χ2v) is 8.20. The van der Waals surface area contributed by atoms with Crippen molar-refractivity contribution >= 4 is 31.0 Å². The van der Waals surface area contributed by atoms with Crippen LogP contribution in [0, 0.1) is 0 Å². The van der Waals surface area contributed by atoms with Crippen LogP contribution < -0.4 is 10.6 Å². The van der Waals surface area contributed by atoms with Gasteiger partial charge in [0.1, 0.15) is 6.10 Å². The van der Waals surface area contributed by atoms with Gasteiger partial charge in [-0.15, -0.1) is 0 Å². The topological polar surface area (TPSA) is 149 Å². The maximum atomic E-state index is 11.3. The van der Waals surface area contributed by atoms with Crippen molar-refractivity contribution in [3.05, 3.63) is 6.33 Å². The van der Waals surface area contributed by atoms with Gasteiger partial charge < -0.3 is 30.1 Å². The molecule has 0 radical (unpaired) electrons. The van der Waals surface area contributed by atoms with Crippen molar-refractivity contribution in [1.29, 1.82) is 0 Å². The molecule has 2 heterocycles. The number of nitrogens with two attached hydrogens (primary N) is 1. The predicted octanol–water partition coefficient (Wildman–Crippen LogP) is 0.385. The predicted molar refractivity (Wildman–Crippen MR) is 105 cm³/mol. The quantitative estimate of drug-likeness (QED) is 0.466. The Bertz CT molecular complexity index is 842. The first-order valence-corrected chi connectivity index (χ1v) is 10.9. The molecule has 0 saturated heterocycles. The van der Waals surface area contributed by atoms with Crippen LogP contribution in [-0.2, 0) is 13.8 Å². The van der Waals surface area contributed by atoms with Crippen LogP contribution in [-0.4, -0.2) is 74.9 Å². The fourth-order valence-electron chi connectivity index (χ4n) is 2.90. The lowest BCUT2D eigenvalue weighted by Gasteiger charge is -2.26. The van der Waals surface area contributed by atoms with Crippen molar-refractivity contribution in [3.8, 4) is 0 Å². The van der Waals surface area contributed by atoms with E-state index in [-0.39, 0.29) is 12.6 Å². The van der Waals surface area contributed by atoms with Gasteiger partial charge in [0.2, 0.25) is 5.95 Å². The van der Waals surface area contributed by atoms with Crippen molar-refractivity contribution in [3.63, 3.8) is 0 Å². The molecule has 0 bridgehead atoms. The average Bonchev–Trinajstić information content (AvgIpc) is 3.41. The van der Waals surface area contributed by atoms with Crippen LogP contribution in [0.1, 0.15) is 26.0 Å². The smallest absolute Gasteiger partial charge is 0.224 e. The Labute approximate surface area is 163 Å². The van der Waals surface area contributed by atoms with E-state index in [9.17, 15) is 14.8 Å². The van der Waals surface area contributed by atoms with Gasteiger partial charge in [-0.1, -0.05) is 0 Å². The molecule has 12 heteroatoms. The van der Waals surface area contributed by atoms with Gasteiger partial charge in [-0.05, 0) is 19.8 Å². The number of imidazole rings is 1. The van der Waals surface area contributed by atoms with E-state index in [1.165, 1.54) is 19.9 Å². The third kappa shape index (κ3) is 4.61. The molecular formula is C16H27N6O5P. The number of aliphatic hydroxyl groups is 2. The van der Waals surface area contributed by atoms with Crippen LogP contribution >= 0.6 is 8.03 Å². The zero-order valence-corrected chi connectivity index (χ0v) is 17.1. The summed E-state index contributed by atoms with van der Waals surface area (Å²) < 4.78 is 23.7. The minimum atomic E-state index is -2.18. The fraction of sp³-hybridized carbons (Fsp3) is 0.688. The number of nitrogen functional groups attached to an aromatic ring is 1. The number of aliphatic hydroxyl groups excluding tert-OH is 2. The first-order chi connectivity index (χ1) is 13.3. The van der Waals surface area contributed by atoms with Gasteiger partial charge in [0, 0.05) is 19.8 Å². The molecule has 0 aliphatic heterocycles. The van der Waals surface area contributed by atoms with Crippen molar-refractivity contribution in [2.24, 2.45) is 0 Å². The van der Waals surface area contributed by atoms with Crippen LogP contribution in [0.15, 0.2) is 6.33 Å². The van der Waals surface area contributed by atoms with Gasteiger partial charge in [-0.3, -0.25) is 9.13 Å². The largest absolute Gasteiger partial charge is 0.392 e. The number of ether oxygens (including phenoxy) is 1. The lowest BCUT2D eigenvalue weighted by molar-refractivity contribution is -0.128. The molecule has 1 fully saturated rings.